The van der Waals surface area contributed by atoms with E-state index in [-0.39, 0.29) is 17.3 Å². The van der Waals surface area contributed by atoms with Gasteiger partial charge in [-0.3, -0.25) is 0 Å². The standard InChI is InChI=1S/C12H17ClFN/c1-12(2,3)11(15-4)9-7-8(13)5-6-10(9)14/h5-7,11,15H,1-4H3. The molecule has 0 fully saturated rings. The molecule has 0 amide bonds. The van der Waals surface area contributed by atoms with Gasteiger partial charge in [0.15, 0.2) is 0 Å². The molecular formula is C12H17ClFN. The van der Waals surface area contributed by atoms with Crippen LogP contribution in [-0.4, -0.2) is 7.05 Å². The Kier molecular flexibility index (Phi) is 3.74. The van der Waals surface area contributed by atoms with Crippen LogP contribution >= 0.6 is 11.6 Å². The molecule has 0 aromatic heterocycles. The fraction of sp³-hybridized carbons (Fsp3) is 0.500. The van der Waals surface area contributed by atoms with Crippen molar-refractivity contribution in [3.63, 3.8) is 0 Å². The summed E-state index contributed by atoms with van der Waals surface area (Å²) >= 11 is 5.87. The molecule has 1 atom stereocenters. The van der Waals surface area contributed by atoms with E-state index < -0.39 is 0 Å². The van der Waals surface area contributed by atoms with Gasteiger partial charge in [-0.05, 0) is 30.7 Å². The highest BCUT2D eigenvalue weighted by Crippen LogP contribution is 2.34. The first kappa shape index (κ1) is 12.5. The van der Waals surface area contributed by atoms with Crippen molar-refractivity contribution in [3.8, 4) is 0 Å². The third-order valence-corrected chi connectivity index (χ3v) is 2.66. The SMILES string of the molecule is CNC(c1cc(Cl)ccc1F)C(C)(C)C. The van der Waals surface area contributed by atoms with Gasteiger partial charge in [-0.15, -0.1) is 0 Å². The molecule has 3 heteroatoms. The second-order valence-corrected chi connectivity index (χ2v) is 5.19. The Bertz CT molecular complexity index is 344. The van der Waals surface area contributed by atoms with Crippen molar-refractivity contribution in [3.05, 3.63) is 34.6 Å². The van der Waals surface area contributed by atoms with Crippen molar-refractivity contribution >= 4 is 11.6 Å². The predicted molar refractivity (Wildman–Crippen MR) is 62.7 cm³/mol. The fourth-order valence-electron chi connectivity index (χ4n) is 1.79. The summed E-state index contributed by atoms with van der Waals surface area (Å²) in [6.45, 7) is 6.19. The van der Waals surface area contributed by atoms with Crippen LogP contribution in [0.3, 0.4) is 0 Å². The van der Waals surface area contributed by atoms with E-state index in [0.29, 0.717) is 10.6 Å². The van der Waals surface area contributed by atoms with E-state index in [4.69, 9.17) is 11.6 Å². The maximum atomic E-state index is 13.6. The highest BCUT2D eigenvalue weighted by atomic mass is 35.5. The van der Waals surface area contributed by atoms with E-state index in [0.717, 1.165) is 0 Å². The van der Waals surface area contributed by atoms with E-state index in [1.165, 1.54) is 6.07 Å². The Morgan fingerprint density at radius 3 is 2.40 bits per heavy atom. The Morgan fingerprint density at radius 2 is 1.93 bits per heavy atom. The van der Waals surface area contributed by atoms with Crippen molar-refractivity contribution in [1.29, 1.82) is 0 Å². The summed E-state index contributed by atoms with van der Waals surface area (Å²) in [5.41, 5.74) is 0.567. The van der Waals surface area contributed by atoms with Crippen LogP contribution in [0.2, 0.25) is 5.02 Å². The highest BCUT2D eigenvalue weighted by molar-refractivity contribution is 6.30. The van der Waals surface area contributed by atoms with Crippen molar-refractivity contribution in [2.75, 3.05) is 7.05 Å². The molecule has 0 aliphatic carbocycles. The fourth-order valence-corrected chi connectivity index (χ4v) is 1.97. The second-order valence-electron chi connectivity index (χ2n) is 4.75. The number of nitrogens with one attached hydrogen (secondary N) is 1. The van der Waals surface area contributed by atoms with Crippen LogP contribution in [0.5, 0.6) is 0 Å². The summed E-state index contributed by atoms with van der Waals surface area (Å²) in [7, 11) is 1.83. The minimum absolute atomic E-state index is 0.0452. The van der Waals surface area contributed by atoms with Crippen molar-refractivity contribution < 1.29 is 4.39 Å². The zero-order valence-corrected chi connectivity index (χ0v) is 10.3. The molecular weight excluding hydrogens is 213 g/mol. The molecule has 0 spiro atoms. The molecule has 0 saturated heterocycles. The average Bonchev–Trinajstić information content (AvgIpc) is 2.10. The van der Waals surface area contributed by atoms with Crippen LogP contribution < -0.4 is 5.32 Å². The number of benzene rings is 1. The van der Waals surface area contributed by atoms with Gasteiger partial charge in [0.2, 0.25) is 0 Å². The van der Waals surface area contributed by atoms with Crippen LogP contribution in [-0.2, 0) is 0 Å². The summed E-state index contributed by atoms with van der Waals surface area (Å²) in [5, 5.41) is 3.69. The number of hydrogen-bond donors (Lipinski definition) is 1. The van der Waals surface area contributed by atoms with Gasteiger partial charge in [0.05, 0.1) is 0 Å². The zero-order chi connectivity index (χ0) is 11.6. The highest BCUT2D eigenvalue weighted by Gasteiger charge is 2.27. The van der Waals surface area contributed by atoms with Gasteiger partial charge in [-0.25, -0.2) is 4.39 Å². The maximum absolute atomic E-state index is 13.6. The third kappa shape index (κ3) is 2.93. The Hall–Kier alpha value is -0.600. The molecule has 0 radical (unpaired) electrons. The molecule has 1 nitrogen and oxygen atoms in total. The van der Waals surface area contributed by atoms with Gasteiger partial charge in [0, 0.05) is 16.6 Å². The van der Waals surface area contributed by atoms with Crippen molar-refractivity contribution in [2.24, 2.45) is 5.41 Å². The number of hydrogen-bond acceptors (Lipinski definition) is 1. The van der Waals surface area contributed by atoms with Crippen LogP contribution in [0.25, 0.3) is 0 Å². The van der Waals surface area contributed by atoms with E-state index in [9.17, 15) is 4.39 Å². The van der Waals surface area contributed by atoms with Gasteiger partial charge in [-0.1, -0.05) is 32.4 Å². The summed E-state index contributed by atoms with van der Waals surface area (Å²) in [5.74, 6) is -0.214. The van der Waals surface area contributed by atoms with E-state index in [1.807, 2.05) is 7.05 Å². The van der Waals surface area contributed by atoms with E-state index in [2.05, 4.69) is 26.1 Å². The smallest absolute Gasteiger partial charge is 0.128 e. The minimum atomic E-state index is -0.214. The zero-order valence-electron chi connectivity index (χ0n) is 9.57. The van der Waals surface area contributed by atoms with Gasteiger partial charge < -0.3 is 5.32 Å². The minimum Gasteiger partial charge on any atom is -0.312 e. The van der Waals surface area contributed by atoms with Gasteiger partial charge in [0.25, 0.3) is 0 Å². The molecule has 0 aliphatic rings. The quantitative estimate of drug-likeness (QED) is 0.814. The van der Waals surface area contributed by atoms with E-state index >= 15 is 0 Å². The molecule has 1 aromatic rings. The third-order valence-electron chi connectivity index (χ3n) is 2.42. The number of rotatable bonds is 2. The summed E-state index contributed by atoms with van der Waals surface area (Å²) in [4.78, 5) is 0. The molecule has 1 rings (SSSR count). The molecule has 1 unspecified atom stereocenters. The van der Waals surface area contributed by atoms with Crippen LogP contribution in [0, 0.1) is 11.2 Å². The lowest BCUT2D eigenvalue weighted by Crippen LogP contribution is -2.30. The summed E-state index contributed by atoms with van der Waals surface area (Å²) < 4.78 is 13.6. The first-order chi connectivity index (χ1) is 6.86. The monoisotopic (exact) mass is 229 g/mol. The Labute approximate surface area is 95.6 Å². The predicted octanol–water partition coefficient (Wildman–Crippen LogP) is 3.79. The average molecular weight is 230 g/mol. The molecule has 1 aromatic carbocycles. The molecule has 1 N–H and O–H groups in total. The van der Waals surface area contributed by atoms with E-state index in [1.54, 1.807) is 12.1 Å². The lowest BCUT2D eigenvalue weighted by Gasteiger charge is -2.31. The van der Waals surface area contributed by atoms with Gasteiger partial charge in [-0.2, -0.15) is 0 Å². The van der Waals surface area contributed by atoms with Crippen LogP contribution in [0.1, 0.15) is 32.4 Å². The van der Waals surface area contributed by atoms with Crippen LogP contribution in [0.15, 0.2) is 18.2 Å². The van der Waals surface area contributed by atoms with Gasteiger partial charge >= 0.3 is 0 Å². The maximum Gasteiger partial charge on any atom is 0.128 e. The largest absolute Gasteiger partial charge is 0.312 e. The lowest BCUT2D eigenvalue weighted by molar-refractivity contribution is 0.280. The second kappa shape index (κ2) is 4.50. The summed E-state index contributed by atoms with van der Waals surface area (Å²) in [6, 6.07) is 4.61. The Morgan fingerprint density at radius 1 is 1.33 bits per heavy atom. The topological polar surface area (TPSA) is 12.0 Å². The van der Waals surface area contributed by atoms with Crippen molar-refractivity contribution in [2.45, 2.75) is 26.8 Å². The van der Waals surface area contributed by atoms with Gasteiger partial charge in [0.1, 0.15) is 5.82 Å². The lowest BCUT2D eigenvalue weighted by atomic mass is 9.82. The molecule has 15 heavy (non-hydrogen) atoms. The molecule has 0 heterocycles. The first-order valence-electron chi connectivity index (χ1n) is 4.98. The normalized spacial score (nSPS) is 14.0. The van der Waals surface area contributed by atoms with Crippen molar-refractivity contribution in [1.82, 2.24) is 5.32 Å². The molecule has 0 aliphatic heterocycles. The van der Waals surface area contributed by atoms with Crippen LogP contribution in [0.4, 0.5) is 4.39 Å². The first-order valence-corrected chi connectivity index (χ1v) is 5.36. The molecule has 0 bridgehead atoms. The number of halogens is 2. The summed E-state index contributed by atoms with van der Waals surface area (Å²) in [6.07, 6.45) is 0. The molecule has 0 saturated carbocycles. The molecule has 84 valence electrons. The Balaban J connectivity index is 3.18.